The molecule has 2 aromatic heterocycles. The predicted molar refractivity (Wildman–Crippen MR) is 57.8 cm³/mol. The summed E-state index contributed by atoms with van der Waals surface area (Å²) in [5, 5.41) is 21.7. The summed E-state index contributed by atoms with van der Waals surface area (Å²) in [5.74, 6) is -0.621. The van der Waals surface area contributed by atoms with Gasteiger partial charge in [0.15, 0.2) is 5.82 Å². The summed E-state index contributed by atoms with van der Waals surface area (Å²) >= 11 is 0. The number of hydrogen-bond donors (Lipinski definition) is 1. The molecule has 0 aliphatic carbocycles. The minimum absolute atomic E-state index is 0.120. The Morgan fingerprint density at radius 1 is 1.59 bits per heavy atom. The topological polar surface area (TPSA) is 91.8 Å². The van der Waals surface area contributed by atoms with Gasteiger partial charge in [-0.3, -0.25) is 0 Å². The highest BCUT2D eigenvalue weighted by atomic mass is 16.4. The average molecular weight is 228 g/mol. The molecule has 0 saturated heterocycles. The molecular formula is C11H8N4O2. The van der Waals surface area contributed by atoms with Crippen molar-refractivity contribution in [1.82, 2.24) is 14.8 Å². The van der Waals surface area contributed by atoms with Gasteiger partial charge in [-0.15, -0.1) is 0 Å². The lowest BCUT2D eigenvalue weighted by molar-refractivity contribution is 0.0696. The molecule has 6 nitrogen and oxygen atoms in total. The van der Waals surface area contributed by atoms with Gasteiger partial charge in [0.1, 0.15) is 5.56 Å². The van der Waals surface area contributed by atoms with E-state index in [2.05, 4.69) is 10.1 Å². The predicted octanol–water partition coefficient (Wildman–Crippen LogP) is 1.15. The van der Waals surface area contributed by atoms with Gasteiger partial charge >= 0.3 is 5.97 Å². The van der Waals surface area contributed by atoms with Crippen LogP contribution in [0.3, 0.4) is 0 Å². The molecule has 17 heavy (non-hydrogen) atoms. The lowest BCUT2D eigenvalue weighted by atomic mass is 10.3. The smallest absolute Gasteiger partial charge is 0.339 e. The van der Waals surface area contributed by atoms with Crippen molar-refractivity contribution < 1.29 is 9.90 Å². The highest BCUT2D eigenvalue weighted by molar-refractivity contribution is 5.88. The fourth-order valence-corrected chi connectivity index (χ4v) is 1.40. The van der Waals surface area contributed by atoms with Crippen molar-refractivity contribution in [2.75, 3.05) is 0 Å². The molecule has 0 spiro atoms. The Hall–Kier alpha value is -2.68. The van der Waals surface area contributed by atoms with Gasteiger partial charge in [0.05, 0.1) is 17.3 Å². The first-order valence-electron chi connectivity index (χ1n) is 4.78. The number of carbonyl (C=O) groups is 1. The van der Waals surface area contributed by atoms with E-state index in [-0.39, 0.29) is 5.56 Å². The van der Waals surface area contributed by atoms with Crippen LogP contribution in [-0.4, -0.2) is 25.8 Å². The number of hydrogen-bond acceptors (Lipinski definition) is 4. The minimum Gasteiger partial charge on any atom is -0.478 e. The SMILES string of the molecule is Cc1nn(-c2cc(C#N)ccn2)cc1C(=O)O. The summed E-state index contributed by atoms with van der Waals surface area (Å²) in [6.07, 6.45) is 2.85. The fraction of sp³-hybridized carbons (Fsp3) is 0.0909. The van der Waals surface area contributed by atoms with Gasteiger partial charge in [0.25, 0.3) is 0 Å². The molecule has 0 fully saturated rings. The van der Waals surface area contributed by atoms with Gasteiger partial charge in [-0.1, -0.05) is 0 Å². The van der Waals surface area contributed by atoms with E-state index in [0.717, 1.165) is 0 Å². The van der Waals surface area contributed by atoms with Crippen LogP contribution in [0.25, 0.3) is 5.82 Å². The van der Waals surface area contributed by atoms with Crippen molar-refractivity contribution in [1.29, 1.82) is 5.26 Å². The third-order valence-electron chi connectivity index (χ3n) is 2.24. The van der Waals surface area contributed by atoms with Crippen molar-refractivity contribution in [3.05, 3.63) is 41.3 Å². The minimum atomic E-state index is -1.04. The van der Waals surface area contributed by atoms with Crippen LogP contribution in [-0.2, 0) is 0 Å². The average Bonchev–Trinajstić information content (AvgIpc) is 2.71. The molecule has 0 unspecified atom stereocenters. The lowest BCUT2D eigenvalue weighted by Gasteiger charge is -1.98. The van der Waals surface area contributed by atoms with Crippen LogP contribution in [0.1, 0.15) is 21.6 Å². The Kier molecular flexibility index (Phi) is 2.58. The quantitative estimate of drug-likeness (QED) is 0.832. The molecular weight excluding hydrogens is 220 g/mol. The van der Waals surface area contributed by atoms with Gasteiger partial charge < -0.3 is 5.11 Å². The molecule has 0 aliphatic heterocycles. The largest absolute Gasteiger partial charge is 0.478 e. The summed E-state index contributed by atoms with van der Waals surface area (Å²) < 4.78 is 1.35. The Morgan fingerprint density at radius 3 is 2.94 bits per heavy atom. The van der Waals surface area contributed by atoms with Crippen molar-refractivity contribution >= 4 is 5.97 Å². The summed E-state index contributed by atoms with van der Waals surface area (Å²) in [5.41, 5.74) is 0.968. The Morgan fingerprint density at radius 2 is 2.35 bits per heavy atom. The van der Waals surface area contributed by atoms with Gasteiger partial charge in [0, 0.05) is 18.5 Å². The zero-order valence-corrected chi connectivity index (χ0v) is 8.95. The standard InChI is InChI=1S/C11H8N4O2/c1-7-9(11(16)17)6-15(14-7)10-4-8(5-12)2-3-13-10/h2-4,6H,1H3,(H,16,17). The highest BCUT2D eigenvalue weighted by Gasteiger charge is 2.13. The second-order valence-corrected chi connectivity index (χ2v) is 3.39. The molecule has 84 valence electrons. The molecule has 2 aromatic rings. The number of aromatic nitrogens is 3. The first-order valence-corrected chi connectivity index (χ1v) is 4.78. The van der Waals surface area contributed by atoms with Gasteiger partial charge in [-0.05, 0) is 13.0 Å². The van der Waals surface area contributed by atoms with Crippen molar-refractivity contribution in [2.45, 2.75) is 6.92 Å². The molecule has 0 aliphatic rings. The second-order valence-electron chi connectivity index (χ2n) is 3.39. The molecule has 0 radical (unpaired) electrons. The molecule has 2 rings (SSSR count). The highest BCUT2D eigenvalue weighted by Crippen LogP contribution is 2.11. The molecule has 2 heterocycles. The maximum Gasteiger partial charge on any atom is 0.339 e. The Labute approximate surface area is 96.8 Å². The first-order chi connectivity index (χ1) is 8.11. The molecule has 0 bridgehead atoms. The first kappa shape index (κ1) is 10.8. The normalized spacial score (nSPS) is 9.88. The number of carboxylic acid groups (broad SMARTS) is 1. The maximum absolute atomic E-state index is 10.9. The van der Waals surface area contributed by atoms with E-state index in [4.69, 9.17) is 10.4 Å². The molecule has 0 saturated carbocycles. The molecule has 6 heteroatoms. The number of aryl methyl sites for hydroxylation is 1. The van der Waals surface area contributed by atoms with Gasteiger partial charge in [-0.25, -0.2) is 14.5 Å². The van der Waals surface area contributed by atoms with E-state index in [9.17, 15) is 4.79 Å². The summed E-state index contributed by atoms with van der Waals surface area (Å²) in [6.45, 7) is 1.61. The second kappa shape index (κ2) is 4.06. The number of pyridine rings is 1. The Balaban J connectivity index is 2.50. The van der Waals surface area contributed by atoms with Crippen LogP contribution in [0.2, 0.25) is 0 Å². The number of carboxylic acids is 1. The lowest BCUT2D eigenvalue weighted by Crippen LogP contribution is -1.98. The van der Waals surface area contributed by atoms with E-state index in [1.54, 1.807) is 13.0 Å². The molecule has 0 amide bonds. The van der Waals surface area contributed by atoms with E-state index in [1.165, 1.54) is 23.1 Å². The number of rotatable bonds is 2. The third-order valence-corrected chi connectivity index (χ3v) is 2.24. The van der Waals surface area contributed by atoms with Crippen LogP contribution >= 0.6 is 0 Å². The van der Waals surface area contributed by atoms with Crippen LogP contribution in [0.15, 0.2) is 24.5 Å². The summed E-state index contributed by atoms with van der Waals surface area (Å²) in [4.78, 5) is 14.9. The van der Waals surface area contributed by atoms with Crippen LogP contribution in [0, 0.1) is 18.3 Å². The van der Waals surface area contributed by atoms with Crippen molar-refractivity contribution in [3.8, 4) is 11.9 Å². The molecule has 0 atom stereocenters. The molecule has 0 aromatic carbocycles. The van der Waals surface area contributed by atoms with E-state index in [0.29, 0.717) is 17.1 Å². The summed E-state index contributed by atoms with van der Waals surface area (Å²) in [7, 11) is 0. The number of aromatic carboxylic acids is 1. The van der Waals surface area contributed by atoms with E-state index < -0.39 is 5.97 Å². The zero-order chi connectivity index (χ0) is 12.4. The Bertz CT molecular complexity index is 625. The van der Waals surface area contributed by atoms with E-state index in [1.807, 2.05) is 6.07 Å². The summed E-state index contributed by atoms with van der Waals surface area (Å²) in [6, 6.07) is 5.09. The van der Waals surface area contributed by atoms with E-state index >= 15 is 0 Å². The molecule has 1 N–H and O–H groups in total. The monoisotopic (exact) mass is 228 g/mol. The fourth-order valence-electron chi connectivity index (χ4n) is 1.40. The van der Waals surface area contributed by atoms with Crippen LogP contribution in [0.5, 0.6) is 0 Å². The number of nitrogens with zero attached hydrogens (tertiary/aromatic N) is 4. The van der Waals surface area contributed by atoms with Crippen molar-refractivity contribution in [2.24, 2.45) is 0 Å². The zero-order valence-electron chi connectivity index (χ0n) is 8.95. The maximum atomic E-state index is 10.9. The van der Waals surface area contributed by atoms with Crippen molar-refractivity contribution in [3.63, 3.8) is 0 Å². The van der Waals surface area contributed by atoms with Gasteiger partial charge in [0.2, 0.25) is 0 Å². The van der Waals surface area contributed by atoms with Crippen LogP contribution < -0.4 is 0 Å². The third kappa shape index (κ3) is 1.99. The van der Waals surface area contributed by atoms with Crippen LogP contribution in [0.4, 0.5) is 0 Å². The number of nitriles is 1. The van der Waals surface area contributed by atoms with Gasteiger partial charge in [-0.2, -0.15) is 10.4 Å².